The van der Waals surface area contributed by atoms with Crippen LogP contribution in [0.2, 0.25) is 0 Å². The topological polar surface area (TPSA) is 85.4 Å². The van der Waals surface area contributed by atoms with Crippen molar-refractivity contribution in [2.75, 3.05) is 19.0 Å². The van der Waals surface area contributed by atoms with Gasteiger partial charge >= 0.3 is 0 Å². The van der Waals surface area contributed by atoms with Crippen LogP contribution < -0.4 is 20.1 Å². The van der Waals surface area contributed by atoms with Crippen molar-refractivity contribution >= 4 is 11.9 Å². The first kappa shape index (κ1) is 21.1. The van der Waals surface area contributed by atoms with E-state index in [0.717, 1.165) is 16.9 Å². The third-order valence-corrected chi connectivity index (χ3v) is 4.41. The Labute approximate surface area is 176 Å². The molecule has 1 aromatic heterocycles. The largest absolute Gasteiger partial charge is 0.496 e. The monoisotopic (exact) mass is 406 g/mol. The third-order valence-electron chi connectivity index (χ3n) is 4.41. The maximum Gasteiger partial charge on any atom is 0.222 e. The Morgan fingerprint density at radius 3 is 2.57 bits per heavy atom. The van der Waals surface area contributed by atoms with Crippen LogP contribution in [0.5, 0.6) is 11.5 Å². The van der Waals surface area contributed by atoms with Crippen molar-refractivity contribution in [1.29, 1.82) is 0 Å². The van der Waals surface area contributed by atoms with Crippen molar-refractivity contribution in [2.45, 2.75) is 25.9 Å². The molecule has 0 bridgehead atoms. The summed E-state index contributed by atoms with van der Waals surface area (Å²) in [5.41, 5.74) is 2.06. The molecule has 0 unspecified atom stereocenters. The third kappa shape index (κ3) is 6.77. The summed E-state index contributed by atoms with van der Waals surface area (Å²) in [6.07, 6.45) is 4.43. The molecule has 0 atom stereocenters. The van der Waals surface area contributed by atoms with Gasteiger partial charge in [0.05, 0.1) is 13.7 Å². The first-order valence-corrected chi connectivity index (χ1v) is 9.86. The molecule has 0 aliphatic carbocycles. The second-order valence-electron chi connectivity index (χ2n) is 6.61. The molecule has 0 saturated heterocycles. The molecule has 2 N–H and O–H groups in total. The van der Waals surface area contributed by atoms with Crippen LogP contribution in [0, 0.1) is 0 Å². The Morgan fingerprint density at radius 1 is 1.00 bits per heavy atom. The zero-order valence-corrected chi connectivity index (χ0v) is 17.0. The fourth-order valence-corrected chi connectivity index (χ4v) is 2.83. The summed E-state index contributed by atoms with van der Waals surface area (Å²) in [6.45, 7) is 1.54. The van der Waals surface area contributed by atoms with E-state index in [-0.39, 0.29) is 5.91 Å². The molecule has 0 radical (unpaired) electrons. The number of rotatable bonds is 11. The highest BCUT2D eigenvalue weighted by molar-refractivity contribution is 5.75. The lowest BCUT2D eigenvalue weighted by atomic mass is 10.2. The van der Waals surface area contributed by atoms with E-state index in [1.807, 2.05) is 48.5 Å². The summed E-state index contributed by atoms with van der Waals surface area (Å²) in [5.74, 6) is 2.00. The van der Waals surface area contributed by atoms with Gasteiger partial charge in [-0.2, -0.15) is 0 Å². The summed E-state index contributed by atoms with van der Waals surface area (Å²) < 4.78 is 11.2. The number of amides is 1. The molecule has 0 saturated carbocycles. The number of hydrogen-bond donors (Lipinski definition) is 2. The van der Waals surface area contributed by atoms with Crippen LogP contribution in [-0.4, -0.2) is 29.6 Å². The molecule has 0 aliphatic heterocycles. The van der Waals surface area contributed by atoms with Crippen molar-refractivity contribution in [1.82, 2.24) is 15.3 Å². The van der Waals surface area contributed by atoms with Crippen LogP contribution in [0.4, 0.5) is 5.95 Å². The molecular weight excluding hydrogens is 380 g/mol. The van der Waals surface area contributed by atoms with E-state index in [2.05, 4.69) is 20.6 Å². The van der Waals surface area contributed by atoms with Gasteiger partial charge in [-0.3, -0.25) is 4.79 Å². The van der Waals surface area contributed by atoms with E-state index < -0.39 is 0 Å². The molecule has 3 aromatic rings. The van der Waals surface area contributed by atoms with Crippen LogP contribution >= 0.6 is 0 Å². The first-order chi connectivity index (χ1) is 14.7. The van der Waals surface area contributed by atoms with Crippen LogP contribution in [0.15, 0.2) is 67.0 Å². The highest BCUT2D eigenvalue weighted by atomic mass is 16.5. The molecule has 7 nitrogen and oxygen atoms in total. The van der Waals surface area contributed by atoms with Gasteiger partial charge in [-0.15, -0.1) is 0 Å². The fraction of sp³-hybridized carbons (Fsp3) is 0.261. The Balaban J connectivity index is 1.40. The fourth-order valence-electron chi connectivity index (χ4n) is 2.83. The van der Waals surface area contributed by atoms with Gasteiger partial charge in [-0.25, -0.2) is 9.97 Å². The van der Waals surface area contributed by atoms with E-state index in [4.69, 9.17) is 9.47 Å². The van der Waals surface area contributed by atoms with Gasteiger partial charge in [-0.1, -0.05) is 30.3 Å². The predicted octanol–water partition coefficient (Wildman–Crippen LogP) is 3.57. The number of benzene rings is 2. The normalized spacial score (nSPS) is 10.3. The van der Waals surface area contributed by atoms with Gasteiger partial charge < -0.3 is 20.1 Å². The Hall–Kier alpha value is -3.61. The second kappa shape index (κ2) is 11.4. The Morgan fingerprint density at radius 2 is 1.80 bits per heavy atom. The molecule has 2 aromatic carbocycles. The zero-order chi connectivity index (χ0) is 21.0. The minimum atomic E-state index is 0.0181. The smallest absolute Gasteiger partial charge is 0.222 e. The standard InChI is InChI=1S/C23H26N4O3/c1-29-21-15-20(11-10-19(21)17-27-23-24-12-6-13-25-23)30-14-5-9-22(28)26-16-18-7-3-2-4-8-18/h2-4,6-8,10-13,15H,5,9,14,16-17H2,1H3,(H,26,28)(H,24,25,27). The maximum atomic E-state index is 12.0. The van der Waals surface area contributed by atoms with E-state index in [1.165, 1.54) is 0 Å². The van der Waals surface area contributed by atoms with Gasteiger partial charge in [0, 0.05) is 43.5 Å². The van der Waals surface area contributed by atoms with Crippen molar-refractivity contribution < 1.29 is 14.3 Å². The SMILES string of the molecule is COc1cc(OCCCC(=O)NCc2ccccc2)ccc1CNc1ncccn1. The molecule has 0 aliphatic rings. The Bertz CT molecular complexity index is 920. The minimum absolute atomic E-state index is 0.0181. The van der Waals surface area contributed by atoms with Crippen molar-refractivity contribution in [3.8, 4) is 11.5 Å². The van der Waals surface area contributed by atoms with Crippen molar-refractivity contribution in [3.05, 3.63) is 78.1 Å². The number of aromatic nitrogens is 2. The van der Waals surface area contributed by atoms with E-state index in [9.17, 15) is 4.79 Å². The molecule has 156 valence electrons. The van der Waals surface area contributed by atoms with Crippen LogP contribution in [0.25, 0.3) is 0 Å². The summed E-state index contributed by atoms with van der Waals surface area (Å²) in [4.78, 5) is 20.2. The number of nitrogens with zero attached hydrogens (tertiary/aromatic N) is 2. The molecule has 1 amide bonds. The molecule has 30 heavy (non-hydrogen) atoms. The Kier molecular flexibility index (Phi) is 8.02. The summed E-state index contributed by atoms with van der Waals surface area (Å²) in [5, 5.41) is 6.08. The molecular formula is C23H26N4O3. The highest BCUT2D eigenvalue weighted by Crippen LogP contribution is 2.25. The average molecular weight is 406 g/mol. The predicted molar refractivity (Wildman–Crippen MR) is 115 cm³/mol. The van der Waals surface area contributed by atoms with Crippen LogP contribution in [0.1, 0.15) is 24.0 Å². The average Bonchev–Trinajstić information content (AvgIpc) is 2.80. The van der Waals surface area contributed by atoms with Gasteiger partial charge in [0.1, 0.15) is 11.5 Å². The molecule has 0 spiro atoms. The number of carbonyl (C=O) groups is 1. The molecule has 0 fully saturated rings. The van der Waals surface area contributed by atoms with Gasteiger partial charge in [-0.05, 0) is 30.2 Å². The number of hydrogen-bond acceptors (Lipinski definition) is 6. The lowest BCUT2D eigenvalue weighted by molar-refractivity contribution is -0.121. The summed E-state index contributed by atoms with van der Waals surface area (Å²) >= 11 is 0. The summed E-state index contributed by atoms with van der Waals surface area (Å²) in [6, 6.07) is 17.3. The number of nitrogens with one attached hydrogen (secondary N) is 2. The number of methoxy groups -OCH3 is 1. The number of carbonyl (C=O) groups excluding carboxylic acids is 1. The summed E-state index contributed by atoms with van der Waals surface area (Å²) in [7, 11) is 1.62. The quantitative estimate of drug-likeness (QED) is 0.474. The lowest BCUT2D eigenvalue weighted by Gasteiger charge is -2.12. The van der Waals surface area contributed by atoms with Gasteiger partial charge in [0.25, 0.3) is 0 Å². The molecule has 3 rings (SSSR count). The van der Waals surface area contributed by atoms with E-state index in [0.29, 0.717) is 44.2 Å². The van der Waals surface area contributed by atoms with Gasteiger partial charge in [0.2, 0.25) is 11.9 Å². The van der Waals surface area contributed by atoms with Gasteiger partial charge in [0.15, 0.2) is 0 Å². The lowest BCUT2D eigenvalue weighted by Crippen LogP contribution is -2.22. The highest BCUT2D eigenvalue weighted by Gasteiger charge is 2.07. The molecule has 7 heteroatoms. The number of ether oxygens (including phenoxy) is 2. The van der Waals surface area contributed by atoms with Crippen molar-refractivity contribution in [2.24, 2.45) is 0 Å². The molecule has 1 heterocycles. The zero-order valence-electron chi connectivity index (χ0n) is 17.0. The number of anilines is 1. The minimum Gasteiger partial charge on any atom is -0.496 e. The van der Waals surface area contributed by atoms with Crippen molar-refractivity contribution in [3.63, 3.8) is 0 Å². The van der Waals surface area contributed by atoms with Crippen LogP contribution in [-0.2, 0) is 17.9 Å². The maximum absolute atomic E-state index is 12.0. The first-order valence-electron chi connectivity index (χ1n) is 9.86. The van der Waals surface area contributed by atoms with E-state index >= 15 is 0 Å². The van der Waals surface area contributed by atoms with Crippen LogP contribution in [0.3, 0.4) is 0 Å². The van der Waals surface area contributed by atoms with E-state index in [1.54, 1.807) is 25.6 Å². The second-order valence-corrected chi connectivity index (χ2v) is 6.61.